The number of carbonyl (C=O) groups is 1. The van der Waals surface area contributed by atoms with Crippen LogP contribution in [0.2, 0.25) is 0 Å². The predicted molar refractivity (Wildman–Crippen MR) is 118 cm³/mol. The van der Waals surface area contributed by atoms with Crippen molar-refractivity contribution in [3.63, 3.8) is 0 Å². The van der Waals surface area contributed by atoms with E-state index < -0.39 is 0 Å². The maximum atomic E-state index is 12.6. The van der Waals surface area contributed by atoms with Crippen LogP contribution in [0.4, 0.5) is 11.4 Å². The molecule has 2 aromatic carbocycles. The number of hydrogen-bond acceptors (Lipinski definition) is 4. The zero-order valence-corrected chi connectivity index (χ0v) is 17.5. The Morgan fingerprint density at radius 1 is 1.23 bits per heavy atom. The van der Waals surface area contributed by atoms with Crippen LogP contribution < -0.4 is 10.6 Å². The molecule has 30 heavy (non-hydrogen) atoms. The van der Waals surface area contributed by atoms with Crippen molar-refractivity contribution in [3.05, 3.63) is 81.4 Å². The van der Waals surface area contributed by atoms with E-state index in [1.165, 1.54) is 0 Å². The van der Waals surface area contributed by atoms with Crippen LogP contribution in [-0.2, 0) is 0 Å². The van der Waals surface area contributed by atoms with Crippen molar-refractivity contribution in [2.45, 2.75) is 39.2 Å². The lowest BCUT2D eigenvalue weighted by Crippen LogP contribution is -2.51. The molecule has 2 N–H and O–H groups in total. The zero-order valence-electron chi connectivity index (χ0n) is 17.5. The number of nitrogens with one attached hydrogen (secondary N) is 2. The molecule has 1 amide bonds. The first-order valence-electron chi connectivity index (χ1n) is 10.3. The number of benzene rings is 2. The highest BCUT2D eigenvalue weighted by Crippen LogP contribution is 2.49. The number of carbonyl (C=O) groups excluding carboxylic acids is 1. The normalized spacial score (nSPS) is 22.0. The first kappa shape index (κ1) is 20.1. The predicted octanol–water partition coefficient (Wildman–Crippen LogP) is 4.81. The van der Waals surface area contributed by atoms with Gasteiger partial charge in [-0.05, 0) is 43.0 Å². The van der Waals surface area contributed by atoms with Gasteiger partial charge in [0.2, 0.25) is 0 Å². The number of anilines is 1. The molecule has 3 unspecified atom stereocenters. The van der Waals surface area contributed by atoms with E-state index in [0.717, 1.165) is 23.2 Å². The van der Waals surface area contributed by atoms with Gasteiger partial charge in [-0.3, -0.25) is 14.9 Å². The van der Waals surface area contributed by atoms with Gasteiger partial charge in [-0.1, -0.05) is 43.7 Å². The molecule has 0 fully saturated rings. The highest BCUT2D eigenvalue weighted by molar-refractivity contribution is 5.94. The maximum absolute atomic E-state index is 12.6. The average Bonchev–Trinajstić information content (AvgIpc) is 3.21. The van der Waals surface area contributed by atoms with Gasteiger partial charge < -0.3 is 10.6 Å². The SMILES string of the molecule is Cc1ccc(C(=O)NCC(C)(C)C2Nc3ccc([N+](=O)[O-])cc3C3C=CCC32)cc1. The number of hydrogen-bond donors (Lipinski definition) is 2. The molecule has 0 radical (unpaired) electrons. The summed E-state index contributed by atoms with van der Waals surface area (Å²) < 4.78 is 0. The third kappa shape index (κ3) is 3.70. The van der Waals surface area contributed by atoms with Crippen molar-refractivity contribution < 1.29 is 9.72 Å². The minimum atomic E-state index is -0.343. The molecule has 0 saturated carbocycles. The summed E-state index contributed by atoms with van der Waals surface area (Å²) in [5, 5.41) is 17.9. The second-order valence-electron chi connectivity index (χ2n) is 9.04. The molecule has 1 aliphatic heterocycles. The molecule has 1 heterocycles. The molecule has 156 valence electrons. The van der Waals surface area contributed by atoms with Crippen LogP contribution in [0, 0.1) is 28.4 Å². The Morgan fingerprint density at radius 3 is 2.67 bits per heavy atom. The van der Waals surface area contributed by atoms with Crippen molar-refractivity contribution in [2.24, 2.45) is 11.3 Å². The first-order chi connectivity index (χ1) is 14.3. The summed E-state index contributed by atoms with van der Waals surface area (Å²) in [6, 6.07) is 12.7. The molecular weight excluding hydrogens is 378 g/mol. The first-order valence-corrected chi connectivity index (χ1v) is 10.3. The summed E-state index contributed by atoms with van der Waals surface area (Å²) in [6.07, 6.45) is 5.25. The molecule has 0 saturated heterocycles. The van der Waals surface area contributed by atoms with Gasteiger partial charge >= 0.3 is 0 Å². The van der Waals surface area contributed by atoms with Crippen molar-refractivity contribution in [3.8, 4) is 0 Å². The highest BCUT2D eigenvalue weighted by Gasteiger charge is 2.44. The van der Waals surface area contributed by atoms with E-state index in [2.05, 4.69) is 36.6 Å². The minimum absolute atomic E-state index is 0.0731. The van der Waals surface area contributed by atoms with Crippen molar-refractivity contribution in [1.29, 1.82) is 0 Å². The Balaban J connectivity index is 1.53. The fourth-order valence-corrected chi connectivity index (χ4v) is 4.69. The molecule has 0 aromatic heterocycles. The standard InChI is InChI=1S/C24H27N3O3/c1-15-7-9-16(10-8-15)23(28)25-14-24(2,3)22-19-6-4-5-18(19)20-13-17(27(29)30)11-12-21(20)26-22/h4-5,7-13,18-19,22,26H,6,14H2,1-3H3,(H,25,28). The van der Waals surface area contributed by atoms with Crippen LogP contribution in [-0.4, -0.2) is 23.4 Å². The summed E-state index contributed by atoms with van der Waals surface area (Å²) in [6.45, 7) is 6.85. The number of nitro groups is 1. The van der Waals surface area contributed by atoms with Gasteiger partial charge in [-0.2, -0.15) is 0 Å². The summed E-state index contributed by atoms with van der Waals surface area (Å²) >= 11 is 0. The molecule has 2 aliphatic rings. The summed E-state index contributed by atoms with van der Waals surface area (Å²) in [4.78, 5) is 23.5. The molecule has 2 aromatic rings. The second kappa shape index (κ2) is 7.59. The largest absolute Gasteiger partial charge is 0.381 e. The van der Waals surface area contributed by atoms with Crippen molar-refractivity contribution in [1.82, 2.24) is 5.32 Å². The van der Waals surface area contributed by atoms with Crippen LogP contribution in [0.3, 0.4) is 0 Å². The quantitative estimate of drug-likeness (QED) is 0.425. The fourth-order valence-electron chi connectivity index (χ4n) is 4.69. The Kier molecular flexibility index (Phi) is 5.10. The number of nitro benzene ring substituents is 1. The third-order valence-electron chi connectivity index (χ3n) is 6.42. The number of aryl methyl sites for hydroxylation is 1. The third-order valence-corrected chi connectivity index (χ3v) is 6.42. The molecule has 4 rings (SSSR count). The number of nitrogens with zero attached hydrogens (tertiary/aromatic N) is 1. The molecular formula is C24H27N3O3. The molecule has 6 heteroatoms. The van der Waals surface area contributed by atoms with Gasteiger partial charge in [0.1, 0.15) is 0 Å². The smallest absolute Gasteiger partial charge is 0.269 e. The van der Waals surface area contributed by atoms with Crippen LogP contribution >= 0.6 is 0 Å². The maximum Gasteiger partial charge on any atom is 0.269 e. The summed E-state index contributed by atoms with van der Waals surface area (Å²) in [5.41, 5.74) is 3.62. The summed E-state index contributed by atoms with van der Waals surface area (Å²) in [5.74, 6) is 0.375. The summed E-state index contributed by atoms with van der Waals surface area (Å²) in [7, 11) is 0. The molecule has 6 nitrogen and oxygen atoms in total. The second-order valence-corrected chi connectivity index (χ2v) is 9.04. The van der Waals surface area contributed by atoms with E-state index in [1.54, 1.807) is 12.1 Å². The number of amides is 1. The Hall–Kier alpha value is -3.15. The van der Waals surface area contributed by atoms with Crippen molar-refractivity contribution in [2.75, 3.05) is 11.9 Å². The van der Waals surface area contributed by atoms with E-state index in [1.807, 2.05) is 37.3 Å². The Bertz CT molecular complexity index is 1010. The molecule has 1 aliphatic carbocycles. The van der Waals surface area contributed by atoms with Gasteiger partial charge in [0, 0.05) is 47.3 Å². The van der Waals surface area contributed by atoms with E-state index in [9.17, 15) is 14.9 Å². The van der Waals surface area contributed by atoms with Crippen LogP contribution in [0.1, 0.15) is 47.7 Å². The minimum Gasteiger partial charge on any atom is -0.381 e. The van der Waals surface area contributed by atoms with Crippen LogP contribution in [0.15, 0.2) is 54.6 Å². The van der Waals surface area contributed by atoms with E-state index in [0.29, 0.717) is 18.0 Å². The fraction of sp³-hybridized carbons (Fsp3) is 0.375. The highest BCUT2D eigenvalue weighted by atomic mass is 16.6. The van der Waals surface area contributed by atoms with Gasteiger partial charge in [0.05, 0.1) is 4.92 Å². The molecule has 0 spiro atoms. The van der Waals surface area contributed by atoms with Gasteiger partial charge in [0.15, 0.2) is 0 Å². The molecule has 3 atom stereocenters. The Morgan fingerprint density at radius 2 is 1.97 bits per heavy atom. The number of fused-ring (bicyclic) bond motifs is 3. The van der Waals surface area contributed by atoms with E-state index in [-0.39, 0.29) is 33.9 Å². The van der Waals surface area contributed by atoms with Gasteiger partial charge in [0.25, 0.3) is 11.6 Å². The van der Waals surface area contributed by atoms with Gasteiger partial charge in [-0.25, -0.2) is 0 Å². The van der Waals surface area contributed by atoms with Crippen LogP contribution in [0.5, 0.6) is 0 Å². The number of rotatable bonds is 5. The van der Waals surface area contributed by atoms with Crippen molar-refractivity contribution >= 4 is 17.3 Å². The average molecular weight is 405 g/mol. The number of allylic oxidation sites excluding steroid dienone is 2. The number of non-ortho nitro benzene ring substituents is 1. The lowest BCUT2D eigenvalue weighted by molar-refractivity contribution is -0.384. The van der Waals surface area contributed by atoms with E-state index in [4.69, 9.17) is 0 Å². The van der Waals surface area contributed by atoms with Crippen LogP contribution in [0.25, 0.3) is 0 Å². The molecule has 0 bridgehead atoms. The lowest BCUT2D eigenvalue weighted by atomic mass is 9.69. The Labute approximate surface area is 176 Å². The van der Waals surface area contributed by atoms with E-state index >= 15 is 0 Å². The zero-order chi connectivity index (χ0) is 21.5. The lowest BCUT2D eigenvalue weighted by Gasteiger charge is -2.45. The van der Waals surface area contributed by atoms with Gasteiger partial charge in [-0.15, -0.1) is 0 Å². The monoisotopic (exact) mass is 405 g/mol. The topological polar surface area (TPSA) is 84.3 Å².